The molecule has 1 aliphatic rings. The van der Waals surface area contributed by atoms with E-state index >= 15 is 0 Å². The number of hydrogen-bond acceptors (Lipinski definition) is 6. The zero-order chi connectivity index (χ0) is 20.1. The van der Waals surface area contributed by atoms with Gasteiger partial charge in [-0.25, -0.2) is 4.68 Å². The average Bonchev–Trinajstić information content (AvgIpc) is 3.49. The number of nitrogens with one attached hydrogen (secondary N) is 1. The summed E-state index contributed by atoms with van der Waals surface area (Å²) in [6.45, 7) is 2.58. The number of tetrazole rings is 1. The summed E-state index contributed by atoms with van der Waals surface area (Å²) in [5.41, 5.74) is 2.03. The molecule has 1 fully saturated rings. The van der Waals surface area contributed by atoms with Crippen LogP contribution in [0.1, 0.15) is 43.0 Å². The first-order chi connectivity index (χ1) is 14.2. The first-order valence-corrected chi connectivity index (χ1v) is 10.7. The summed E-state index contributed by atoms with van der Waals surface area (Å²) in [4.78, 5) is 12.7. The molecule has 7 nitrogen and oxygen atoms in total. The van der Waals surface area contributed by atoms with Crippen molar-refractivity contribution in [3.63, 3.8) is 0 Å². The summed E-state index contributed by atoms with van der Waals surface area (Å²) < 4.78 is 7.35. The maximum absolute atomic E-state index is 12.7. The van der Waals surface area contributed by atoms with Crippen LogP contribution in [-0.4, -0.2) is 38.5 Å². The van der Waals surface area contributed by atoms with Gasteiger partial charge >= 0.3 is 0 Å². The minimum absolute atomic E-state index is 0.0666. The van der Waals surface area contributed by atoms with Gasteiger partial charge in [0.2, 0.25) is 11.1 Å². The Kier molecular flexibility index (Phi) is 6.09. The molecule has 3 aromatic rings. The van der Waals surface area contributed by atoms with Crippen LogP contribution in [0.2, 0.25) is 0 Å². The third-order valence-corrected chi connectivity index (χ3v) is 5.58. The summed E-state index contributed by atoms with van der Waals surface area (Å²) in [7, 11) is 0. The summed E-state index contributed by atoms with van der Waals surface area (Å²) in [6, 6.07) is 17.9. The quantitative estimate of drug-likeness (QED) is 0.546. The van der Waals surface area contributed by atoms with Gasteiger partial charge in [0.15, 0.2) is 0 Å². The van der Waals surface area contributed by atoms with E-state index in [1.807, 2.05) is 66.2 Å². The van der Waals surface area contributed by atoms with Gasteiger partial charge in [0.05, 0.1) is 24.4 Å². The minimum Gasteiger partial charge on any atom is -0.494 e. The topological polar surface area (TPSA) is 81.9 Å². The van der Waals surface area contributed by atoms with Crippen LogP contribution in [0.15, 0.2) is 59.8 Å². The zero-order valence-corrected chi connectivity index (χ0v) is 17.0. The monoisotopic (exact) mass is 409 g/mol. The molecule has 1 unspecified atom stereocenters. The van der Waals surface area contributed by atoms with Gasteiger partial charge in [0, 0.05) is 0 Å². The van der Waals surface area contributed by atoms with E-state index < -0.39 is 0 Å². The molecule has 1 amide bonds. The molecule has 150 valence electrons. The molecular formula is C21H23N5O2S. The minimum atomic E-state index is -0.237. The molecule has 1 aromatic heterocycles. The van der Waals surface area contributed by atoms with Crippen LogP contribution in [0, 0.1) is 0 Å². The molecule has 29 heavy (non-hydrogen) atoms. The lowest BCUT2D eigenvalue weighted by molar-refractivity contribution is -0.119. The maximum Gasteiger partial charge on any atom is 0.231 e. The fourth-order valence-electron chi connectivity index (χ4n) is 3.09. The molecular weight excluding hydrogens is 386 g/mol. The second kappa shape index (κ2) is 9.09. The molecule has 0 spiro atoms. The smallest absolute Gasteiger partial charge is 0.231 e. The lowest BCUT2D eigenvalue weighted by atomic mass is 9.98. The number of aromatic nitrogens is 4. The van der Waals surface area contributed by atoms with Gasteiger partial charge in [0.25, 0.3) is 0 Å². The fourth-order valence-corrected chi connectivity index (χ4v) is 3.84. The van der Waals surface area contributed by atoms with Crippen LogP contribution < -0.4 is 10.1 Å². The predicted octanol–water partition coefficient (Wildman–Crippen LogP) is 3.40. The molecule has 0 saturated heterocycles. The first-order valence-electron chi connectivity index (χ1n) is 9.72. The molecule has 1 heterocycles. The van der Waals surface area contributed by atoms with Gasteiger partial charge in [0.1, 0.15) is 5.75 Å². The van der Waals surface area contributed by atoms with Crippen molar-refractivity contribution in [3.8, 4) is 5.75 Å². The summed E-state index contributed by atoms with van der Waals surface area (Å²) in [6.07, 6.45) is 2.19. The van der Waals surface area contributed by atoms with Crippen molar-refractivity contribution < 1.29 is 9.53 Å². The van der Waals surface area contributed by atoms with Crippen molar-refractivity contribution in [3.05, 3.63) is 65.7 Å². The molecule has 1 aliphatic carbocycles. The number of benzene rings is 2. The standard InChI is InChI=1S/C21H23N5O2S/c1-2-28-18-12-8-16(9-13-18)20(15-6-4-3-5-7-15)22-19(27)14-29-21-23-24-25-26(21)17-10-11-17/h3-9,12-13,17,20H,2,10-11,14H2,1H3,(H,22,27). The Morgan fingerprint density at radius 1 is 1.17 bits per heavy atom. The van der Waals surface area contributed by atoms with Crippen molar-refractivity contribution in [2.24, 2.45) is 0 Å². The van der Waals surface area contributed by atoms with Crippen LogP contribution in [0.3, 0.4) is 0 Å². The van der Waals surface area contributed by atoms with Crippen molar-refractivity contribution >= 4 is 17.7 Å². The number of carbonyl (C=O) groups is 1. The van der Waals surface area contributed by atoms with E-state index in [0.717, 1.165) is 29.7 Å². The molecule has 4 rings (SSSR count). The fraction of sp³-hybridized carbons (Fsp3) is 0.333. The second-order valence-electron chi connectivity index (χ2n) is 6.84. The lowest BCUT2D eigenvalue weighted by Gasteiger charge is -2.20. The van der Waals surface area contributed by atoms with E-state index in [1.165, 1.54) is 11.8 Å². The van der Waals surface area contributed by atoms with E-state index in [4.69, 9.17) is 4.74 Å². The Bertz CT molecular complexity index is 941. The number of ether oxygens (including phenoxy) is 1. The molecule has 0 bridgehead atoms. The Morgan fingerprint density at radius 3 is 2.59 bits per heavy atom. The van der Waals surface area contributed by atoms with Crippen LogP contribution in [-0.2, 0) is 4.79 Å². The molecule has 1 atom stereocenters. The third kappa shape index (κ3) is 4.95. The zero-order valence-electron chi connectivity index (χ0n) is 16.2. The van der Waals surface area contributed by atoms with Crippen molar-refractivity contribution in [1.82, 2.24) is 25.5 Å². The number of carbonyl (C=O) groups excluding carboxylic acids is 1. The average molecular weight is 410 g/mol. The van der Waals surface area contributed by atoms with Crippen LogP contribution in [0.25, 0.3) is 0 Å². The molecule has 1 saturated carbocycles. The number of hydrogen-bond donors (Lipinski definition) is 1. The summed E-state index contributed by atoms with van der Waals surface area (Å²) in [5.74, 6) is 1.01. The second-order valence-corrected chi connectivity index (χ2v) is 7.78. The van der Waals surface area contributed by atoms with Gasteiger partial charge in [-0.05, 0) is 53.5 Å². The van der Waals surface area contributed by atoms with Gasteiger partial charge in [-0.2, -0.15) is 0 Å². The molecule has 0 radical (unpaired) electrons. The highest BCUT2D eigenvalue weighted by atomic mass is 32.2. The van der Waals surface area contributed by atoms with Crippen LogP contribution in [0.4, 0.5) is 0 Å². The van der Waals surface area contributed by atoms with E-state index in [1.54, 1.807) is 0 Å². The van der Waals surface area contributed by atoms with E-state index in [9.17, 15) is 4.79 Å². The van der Waals surface area contributed by atoms with Gasteiger partial charge in [-0.1, -0.05) is 54.2 Å². The van der Waals surface area contributed by atoms with E-state index in [0.29, 0.717) is 17.8 Å². The van der Waals surface area contributed by atoms with Crippen LogP contribution >= 0.6 is 11.8 Å². The Labute approximate surface area is 173 Å². The largest absolute Gasteiger partial charge is 0.494 e. The SMILES string of the molecule is CCOc1ccc(C(NC(=O)CSc2nnnn2C2CC2)c2ccccc2)cc1. The first kappa shape index (κ1) is 19.4. The van der Waals surface area contributed by atoms with E-state index in [2.05, 4.69) is 20.8 Å². The Balaban J connectivity index is 1.46. The normalized spacial score (nSPS) is 14.4. The van der Waals surface area contributed by atoms with Gasteiger partial charge in [-0.3, -0.25) is 4.79 Å². The predicted molar refractivity (Wildman–Crippen MR) is 111 cm³/mol. The lowest BCUT2D eigenvalue weighted by Crippen LogP contribution is -2.30. The molecule has 2 aromatic carbocycles. The highest BCUT2D eigenvalue weighted by Crippen LogP contribution is 2.36. The molecule has 8 heteroatoms. The Hall–Kier alpha value is -2.87. The number of thioether (sulfide) groups is 1. The number of nitrogens with zero attached hydrogens (tertiary/aromatic N) is 4. The third-order valence-electron chi connectivity index (χ3n) is 4.65. The van der Waals surface area contributed by atoms with Crippen molar-refractivity contribution in [1.29, 1.82) is 0 Å². The molecule has 0 aliphatic heterocycles. The number of amides is 1. The van der Waals surface area contributed by atoms with Gasteiger partial charge < -0.3 is 10.1 Å². The van der Waals surface area contributed by atoms with Crippen molar-refractivity contribution in [2.75, 3.05) is 12.4 Å². The molecule has 1 N–H and O–H groups in total. The highest BCUT2D eigenvalue weighted by molar-refractivity contribution is 7.99. The highest BCUT2D eigenvalue weighted by Gasteiger charge is 2.28. The Morgan fingerprint density at radius 2 is 1.90 bits per heavy atom. The summed E-state index contributed by atoms with van der Waals surface area (Å²) in [5, 5.41) is 15.7. The van der Waals surface area contributed by atoms with Crippen molar-refractivity contribution in [2.45, 2.75) is 37.0 Å². The van der Waals surface area contributed by atoms with E-state index in [-0.39, 0.29) is 17.7 Å². The summed E-state index contributed by atoms with van der Waals surface area (Å²) >= 11 is 1.37. The maximum atomic E-state index is 12.7. The van der Waals surface area contributed by atoms with Gasteiger partial charge in [-0.15, -0.1) is 5.10 Å². The van der Waals surface area contributed by atoms with Crippen LogP contribution in [0.5, 0.6) is 5.75 Å². The number of rotatable bonds is 9.